The van der Waals surface area contributed by atoms with Crippen LogP contribution in [0.25, 0.3) is 17.1 Å². The summed E-state index contributed by atoms with van der Waals surface area (Å²) in [5.41, 5.74) is 0.552. The average Bonchev–Trinajstić information content (AvgIpc) is 2.72. The molecule has 8 nitrogen and oxygen atoms in total. The van der Waals surface area contributed by atoms with E-state index in [-0.39, 0.29) is 11.5 Å². The van der Waals surface area contributed by atoms with Gasteiger partial charge in [-0.2, -0.15) is 5.06 Å². The maximum atomic E-state index is 12.6. The SMILES string of the molecule is CON(C(C)=O)c1ccc(/C=C/C(=O)c2c(O)c3cccnc3n(C)c2=O)cc1. The number of carbonyl (C=O) groups is 2. The fourth-order valence-corrected chi connectivity index (χ4v) is 2.96. The lowest BCUT2D eigenvalue weighted by molar-refractivity contribution is -0.122. The Morgan fingerprint density at radius 1 is 1.21 bits per heavy atom. The molecule has 2 heterocycles. The Hall–Kier alpha value is -3.78. The number of hydrogen-bond donors (Lipinski definition) is 1. The van der Waals surface area contributed by atoms with Crippen LogP contribution < -0.4 is 10.6 Å². The molecule has 0 fully saturated rings. The van der Waals surface area contributed by atoms with Crippen molar-refractivity contribution in [3.05, 3.63) is 70.2 Å². The minimum absolute atomic E-state index is 0.275. The topological polar surface area (TPSA) is 102 Å². The summed E-state index contributed by atoms with van der Waals surface area (Å²) in [6, 6.07) is 9.91. The number of amides is 1. The number of anilines is 1. The number of nitrogens with zero attached hydrogens (tertiary/aromatic N) is 3. The fourth-order valence-electron chi connectivity index (χ4n) is 2.96. The van der Waals surface area contributed by atoms with Gasteiger partial charge in [-0.15, -0.1) is 0 Å². The van der Waals surface area contributed by atoms with Crippen LogP contribution in [-0.2, 0) is 16.7 Å². The highest BCUT2D eigenvalue weighted by Crippen LogP contribution is 2.25. The summed E-state index contributed by atoms with van der Waals surface area (Å²) in [6.07, 6.45) is 4.24. The number of aromatic nitrogens is 2. The molecule has 0 radical (unpaired) electrons. The third-order valence-corrected chi connectivity index (χ3v) is 4.38. The number of aryl methyl sites for hydroxylation is 1. The summed E-state index contributed by atoms with van der Waals surface area (Å²) in [5, 5.41) is 11.9. The Kier molecular flexibility index (Phi) is 5.56. The summed E-state index contributed by atoms with van der Waals surface area (Å²) < 4.78 is 1.23. The highest BCUT2D eigenvalue weighted by atomic mass is 16.7. The molecule has 2 aromatic heterocycles. The molecule has 3 aromatic rings. The fraction of sp³-hybridized carbons (Fsp3) is 0.143. The van der Waals surface area contributed by atoms with E-state index in [1.807, 2.05) is 0 Å². The first kappa shape index (κ1) is 20.0. The van der Waals surface area contributed by atoms with E-state index in [1.165, 1.54) is 44.0 Å². The quantitative estimate of drug-likeness (QED) is 0.406. The lowest BCUT2D eigenvalue weighted by Gasteiger charge is -2.17. The van der Waals surface area contributed by atoms with Crippen molar-refractivity contribution >= 4 is 34.5 Å². The molecule has 3 rings (SSSR count). The molecule has 148 valence electrons. The predicted octanol–water partition coefficient (Wildman–Crippen LogP) is 2.45. The summed E-state index contributed by atoms with van der Waals surface area (Å²) in [4.78, 5) is 45.7. The molecular formula is C21H19N3O5. The van der Waals surface area contributed by atoms with Crippen molar-refractivity contribution in [3.63, 3.8) is 0 Å². The van der Waals surface area contributed by atoms with E-state index >= 15 is 0 Å². The van der Waals surface area contributed by atoms with E-state index in [4.69, 9.17) is 4.84 Å². The van der Waals surface area contributed by atoms with Crippen molar-refractivity contribution in [2.24, 2.45) is 7.05 Å². The third-order valence-electron chi connectivity index (χ3n) is 4.38. The van der Waals surface area contributed by atoms with Crippen LogP contribution in [0.3, 0.4) is 0 Å². The summed E-state index contributed by atoms with van der Waals surface area (Å²) in [7, 11) is 2.88. The molecule has 0 aliphatic rings. The number of allylic oxidation sites excluding steroid dienone is 1. The highest BCUT2D eigenvalue weighted by Gasteiger charge is 2.19. The van der Waals surface area contributed by atoms with Gasteiger partial charge in [-0.25, -0.2) is 4.98 Å². The van der Waals surface area contributed by atoms with Gasteiger partial charge in [0.2, 0.25) is 5.91 Å². The maximum absolute atomic E-state index is 12.6. The lowest BCUT2D eigenvalue weighted by Crippen LogP contribution is -2.26. The molecular weight excluding hydrogens is 374 g/mol. The van der Waals surface area contributed by atoms with Crippen molar-refractivity contribution in [2.45, 2.75) is 6.92 Å². The molecule has 0 saturated carbocycles. The number of benzene rings is 1. The summed E-state index contributed by atoms with van der Waals surface area (Å²) in [6.45, 7) is 1.38. The molecule has 29 heavy (non-hydrogen) atoms. The van der Waals surface area contributed by atoms with Crippen LogP contribution in [-0.4, -0.2) is 33.5 Å². The minimum Gasteiger partial charge on any atom is -0.506 e. The number of pyridine rings is 2. The van der Waals surface area contributed by atoms with Gasteiger partial charge in [-0.05, 0) is 35.9 Å². The molecule has 0 atom stereocenters. The summed E-state index contributed by atoms with van der Waals surface area (Å²) in [5.74, 6) is -1.29. The average molecular weight is 393 g/mol. The van der Waals surface area contributed by atoms with Gasteiger partial charge >= 0.3 is 0 Å². The predicted molar refractivity (Wildman–Crippen MR) is 109 cm³/mol. The van der Waals surface area contributed by atoms with Gasteiger partial charge in [0.15, 0.2) is 5.78 Å². The molecule has 1 aromatic carbocycles. The minimum atomic E-state index is -0.629. The lowest BCUT2D eigenvalue weighted by atomic mass is 10.1. The van der Waals surface area contributed by atoms with Gasteiger partial charge in [-0.3, -0.25) is 23.8 Å². The first-order chi connectivity index (χ1) is 13.8. The Morgan fingerprint density at radius 3 is 2.52 bits per heavy atom. The first-order valence-corrected chi connectivity index (χ1v) is 8.69. The molecule has 0 aliphatic heterocycles. The van der Waals surface area contributed by atoms with Gasteiger partial charge in [0.25, 0.3) is 5.56 Å². The number of rotatable bonds is 5. The largest absolute Gasteiger partial charge is 0.506 e. The standard InChI is InChI=1S/C21H19N3O5/c1-13(25)24(29-3)15-9-6-14(7-10-15)8-11-17(26)18-19(27)16-5-4-12-22-20(16)23(2)21(18)28/h4-12,27H,1-3H3/b11-8+. The number of carbonyl (C=O) groups excluding carboxylic acids is 2. The molecule has 0 aliphatic carbocycles. The van der Waals surface area contributed by atoms with Crippen LogP contribution in [0.1, 0.15) is 22.8 Å². The van der Waals surface area contributed by atoms with Gasteiger partial charge in [0, 0.05) is 20.2 Å². The Morgan fingerprint density at radius 2 is 1.90 bits per heavy atom. The second-order valence-electron chi connectivity index (χ2n) is 6.25. The smallest absolute Gasteiger partial charge is 0.266 e. The van der Waals surface area contributed by atoms with Crippen molar-refractivity contribution in [3.8, 4) is 5.75 Å². The van der Waals surface area contributed by atoms with Crippen LogP contribution in [0.15, 0.2) is 53.5 Å². The molecule has 0 spiro atoms. The summed E-state index contributed by atoms with van der Waals surface area (Å²) >= 11 is 0. The number of hydroxylamine groups is 1. The van der Waals surface area contributed by atoms with Crippen LogP contribution >= 0.6 is 0 Å². The Bertz CT molecular complexity index is 1180. The molecule has 0 saturated heterocycles. The monoisotopic (exact) mass is 393 g/mol. The highest BCUT2D eigenvalue weighted by molar-refractivity contribution is 6.10. The number of aromatic hydroxyl groups is 1. The second-order valence-corrected chi connectivity index (χ2v) is 6.25. The number of fused-ring (bicyclic) bond motifs is 1. The van der Waals surface area contributed by atoms with Gasteiger partial charge in [-0.1, -0.05) is 18.2 Å². The van der Waals surface area contributed by atoms with Crippen LogP contribution in [0.5, 0.6) is 5.75 Å². The zero-order valence-corrected chi connectivity index (χ0v) is 16.1. The van der Waals surface area contributed by atoms with Crippen LogP contribution in [0.4, 0.5) is 5.69 Å². The van der Waals surface area contributed by atoms with E-state index in [9.17, 15) is 19.5 Å². The van der Waals surface area contributed by atoms with E-state index in [1.54, 1.807) is 36.4 Å². The van der Waals surface area contributed by atoms with E-state index in [0.29, 0.717) is 22.3 Å². The van der Waals surface area contributed by atoms with Crippen molar-refractivity contribution < 1.29 is 19.5 Å². The molecule has 1 N–H and O–H groups in total. The van der Waals surface area contributed by atoms with E-state index in [2.05, 4.69) is 4.98 Å². The van der Waals surface area contributed by atoms with Crippen molar-refractivity contribution in [2.75, 3.05) is 12.2 Å². The molecule has 1 amide bonds. The molecule has 0 bridgehead atoms. The molecule has 8 heteroatoms. The Labute approximate surface area is 166 Å². The third kappa shape index (κ3) is 3.78. The van der Waals surface area contributed by atoms with Crippen LogP contribution in [0.2, 0.25) is 0 Å². The normalized spacial score (nSPS) is 11.1. The zero-order chi connectivity index (χ0) is 21.1. The molecule has 0 unspecified atom stereocenters. The van der Waals surface area contributed by atoms with E-state index < -0.39 is 17.1 Å². The van der Waals surface area contributed by atoms with Crippen molar-refractivity contribution in [1.82, 2.24) is 9.55 Å². The zero-order valence-electron chi connectivity index (χ0n) is 16.1. The first-order valence-electron chi connectivity index (χ1n) is 8.69. The Balaban J connectivity index is 1.92. The van der Waals surface area contributed by atoms with Crippen LogP contribution in [0, 0.1) is 0 Å². The second kappa shape index (κ2) is 8.07. The van der Waals surface area contributed by atoms with Gasteiger partial charge < -0.3 is 5.11 Å². The number of hydrogen-bond acceptors (Lipinski definition) is 6. The van der Waals surface area contributed by atoms with E-state index in [0.717, 1.165) is 5.06 Å². The van der Waals surface area contributed by atoms with Gasteiger partial charge in [0.05, 0.1) is 18.2 Å². The van der Waals surface area contributed by atoms with Crippen molar-refractivity contribution in [1.29, 1.82) is 0 Å². The maximum Gasteiger partial charge on any atom is 0.266 e. The number of ketones is 1. The van der Waals surface area contributed by atoms with Gasteiger partial charge in [0.1, 0.15) is 17.0 Å².